The highest BCUT2D eigenvalue weighted by Crippen LogP contribution is 2.50. The summed E-state index contributed by atoms with van der Waals surface area (Å²) >= 11 is 0. The zero-order valence-electron chi connectivity index (χ0n) is 37.4. The summed E-state index contributed by atoms with van der Waals surface area (Å²) in [7, 11) is 1.45. The molecule has 63 heavy (non-hydrogen) atoms. The van der Waals surface area contributed by atoms with Gasteiger partial charge in [0.05, 0.1) is 53.9 Å². The number of anilines is 1. The third-order valence-electron chi connectivity index (χ3n) is 12.8. The van der Waals surface area contributed by atoms with E-state index in [1.54, 1.807) is 46.8 Å². The molecule has 1 saturated heterocycles. The lowest BCUT2D eigenvalue weighted by atomic mass is 9.84. The summed E-state index contributed by atoms with van der Waals surface area (Å²) in [5, 5.41) is 49.5. The molecule has 17 nitrogen and oxygen atoms in total. The number of benzene rings is 2. The second-order valence-corrected chi connectivity index (χ2v) is 17.2. The summed E-state index contributed by atoms with van der Waals surface area (Å²) < 4.78 is 28.9. The highest BCUT2D eigenvalue weighted by Gasteiger charge is 2.50. The number of carbonyl (C=O) groups is 4. The van der Waals surface area contributed by atoms with Gasteiger partial charge in [-0.25, -0.2) is 0 Å². The number of hydrogen-bond acceptors (Lipinski definition) is 16. The molecule has 4 aliphatic heterocycles. The van der Waals surface area contributed by atoms with Gasteiger partial charge in [0.15, 0.2) is 11.4 Å². The SMILES string of the molecule is CCOC(=O)CCN1CCC2(CC1)N=c1c3c(O)c4c(O)c(C)c5c(c4c1=N2)C(=O)[C@@](C)(O/C=C/[C@H](OC)[C@@H](C)[C@@H](OC(C)=O)C[C@H](O)[C@H](C)[C@@H](O)[C@@H](C)/C=C/C=C(/C)C(=O)N3)O5. The fourth-order valence-corrected chi connectivity index (χ4v) is 8.73. The Labute approximate surface area is 366 Å². The number of esters is 2. The number of aromatic hydroxyl groups is 2. The second-order valence-electron chi connectivity index (χ2n) is 17.2. The zero-order chi connectivity index (χ0) is 46.1. The summed E-state index contributed by atoms with van der Waals surface area (Å²) in [5.41, 5.74) is -0.854. The first-order valence-corrected chi connectivity index (χ1v) is 21.5. The monoisotopic (exact) mass is 876 g/mol. The Hall–Kier alpha value is -5.36. The third kappa shape index (κ3) is 9.33. The molecule has 342 valence electrons. The van der Waals surface area contributed by atoms with Gasteiger partial charge >= 0.3 is 17.7 Å². The fraction of sp³-hybridized carbons (Fsp3) is 0.565. The van der Waals surface area contributed by atoms with Crippen LogP contribution in [-0.4, -0.2) is 118 Å². The number of phenolic OH excluding ortho intramolecular Hbond substituents is 2. The molecule has 2 aromatic carbocycles. The van der Waals surface area contributed by atoms with Crippen molar-refractivity contribution in [3.63, 3.8) is 0 Å². The molecule has 0 aromatic heterocycles. The molecule has 1 amide bonds. The number of piperidine rings is 1. The van der Waals surface area contributed by atoms with E-state index in [-0.39, 0.29) is 68.4 Å². The summed E-state index contributed by atoms with van der Waals surface area (Å²) in [6.07, 6.45) is 4.82. The van der Waals surface area contributed by atoms with Gasteiger partial charge in [0.2, 0.25) is 0 Å². The number of allylic oxidation sites excluding steroid dienone is 2. The average Bonchev–Trinajstić information content (AvgIpc) is 3.74. The van der Waals surface area contributed by atoms with E-state index in [1.165, 1.54) is 46.3 Å². The number of ether oxygens (including phenoxy) is 5. The van der Waals surface area contributed by atoms with Crippen molar-refractivity contribution in [2.45, 2.75) is 117 Å². The topological polar surface area (TPSA) is 235 Å². The number of rotatable bonds is 6. The van der Waals surface area contributed by atoms with Crippen LogP contribution in [0.5, 0.6) is 17.2 Å². The van der Waals surface area contributed by atoms with Gasteiger partial charge in [-0.05, 0) is 26.8 Å². The number of likely N-dealkylation sites (tertiary alicyclic amines) is 1. The van der Waals surface area contributed by atoms with E-state index < -0.39 is 82.8 Å². The number of ketones is 1. The molecule has 1 fully saturated rings. The maximum absolute atomic E-state index is 14.7. The van der Waals surface area contributed by atoms with E-state index in [4.69, 9.17) is 33.7 Å². The first-order chi connectivity index (χ1) is 29.8. The number of aliphatic hydroxyl groups is 2. The molecule has 0 saturated carbocycles. The predicted molar refractivity (Wildman–Crippen MR) is 230 cm³/mol. The molecule has 4 aliphatic rings. The van der Waals surface area contributed by atoms with Gasteiger partial charge in [0.25, 0.3) is 11.7 Å². The average molecular weight is 877 g/mol. The van der Waals surface area contributed by atoms with Gasteiger partial charge in [-0.3, -0.25) is 29.2 Å². The molecule has 2 aromatic rings. The predicted octanol–water partition coefficient (Wildman–Crippen LogP) is 3.80. The van der Waals surface area contributed by atoms with Crippen LogP contribution in [0.4, 0.5) is 5.69 Å². The molecule has 5 N–H and O–H groups in total. The molecule has 0 radical (unpaired) electrons. The summed E-state index contributed by atoms with van der Waals surface area (Å²) in [4.78, 5) is 65.3. The number of Topliss-reactive ketones (excluding diaryl/α,β-unsaturated/α-hetero) is 1. The number of phenols is 2. The Bertz CT molecular complexity index is 2370. The van der Waals surface area contributed by atoms with Crippen molar-refractivity contribution in [3.05, 3.63) is 58.0 Å². The number of aliphatic hydroxyl groups excluding tert-OH is 2. The van der Waals surface area contributed by atoms with Crippen molar-refractivity contribution < 1.29 is 63.3 Å². The maximum atomic E-state index is 14.7. The highest BCUT2D eigenvalue weighted by molar-refractivity contribution is 6.19. The second kappa shape index (κ2) is 18.8. The standard InChI is InChI=1S/C46H60N4O13/c1-10-60-32(53)14-18-50-19-16-46(17-20-50)48-36-33-34-40(55)27(6)42-35(33)43(57)45(8,63-42)61-21-15-30(59-9)26(5)31(62-28(7)51)22-29(52)25(4)39(54)23(2)12-11-13-24(3)44(58)47-38(41(34)56)37(36)49-46/h11-13,15,21,23,25-26,29-31,39,52,54-56H,10,14,16-20,22H2,1-9H3,(H,47,58)/b12-11+,21-15+,24-13-/t23-,25-,26+,29-,30-,31-,39-,45-/m0/s1. The number of amides is 1. The lowest BCUT2D eigenvalue weighted by molar-refractivity contribution is -0.154. The Morgan fingerprint density at radius 2 is 1.68 bits per heavy atom. The molecular formula is C46H60N4O13. The van der Waals surface area contributed by atoms with Gasteiger partial charge < -0.3 is 54.3 Å². The maximum Gasteiger partial charge on any atom is 0.312 e. The number of carbonyl (C=O) groups excluding carboxylic acids is 4. The fourth-order valence-electron chi connectivity index (χ4n) is 8.73. The summed E-state index contributed by atoms with van der Waals surface area (Å²) in [5.74, 6) is -6.78. The van der Waals surface area contributed by atoms with Gasteiger partial charge in [0, 0.05) is 94.1 Å². The smallest absolute Gasteiger partial charge is 0.312 e. The van der Waals surface area contributed by atoms with Crippen molar-refractivity contribution in [1.82, 2.24) is 4.90 Å². The van der Waals surface area contributed by atoms with E-state index in [0.29, 0.717) is 39.1 Å². The van der Waals surface area contributed by atoms with Crippen molar-refractivity contribution in [1.29, 1.82) is 0 Å². The summed E-state index contributed by atoms with van der Waals surface area (Å²) in [6, 6.07) is 0. The molecule has 0 unspecified atom stereocenters. The van der Waals surface area contributed by atoms with E-state index in [2.05, 4.69) is 10.2 Å². The Morgan fingerprint density at radius 3 is 2.33 bits per heavy atom. The van der Waals surface area contributed by atoms with Crippen LogP contribution in [0.1, 0.15) is 90.1 Å². The van der Waals surface area contributed by atoms with Gasteiger partial charge in [-0.15, -0.1) is 0 Å². The van der Waals surface area contributed by atoms with Crippen molar-refractivity contribution in [2.24, 2.45) is 27.7 Å². The molecule has 1 spiro atoms. The highest BCUT2D eigenvalue weighted by atomic mass is 16.7. The van der Waals surface area contributed by atoms with Crippen molar-refractivity contribution in [3.8, 4) is 17.2 Å². The van der Waals surface area contributed by atoms with Crippen LogP contribution >= 0.6 is 0 Å². The van der Waals surface area contributed by atoms with Crippen LogP contribution < -0.4 is 20.8 Å². The van der Waals surface area contributed by atoms with Crippen LogP contribution in [0.2, 0.25) is 0 Å². The van der Waals surface area contributed by atoms with Crippen LogP contribution in [0.3, 0.4) is 0 Å². The third-order valence-corrected chi connectivity index (χ3v) is 12.8. The van der Waals surface area contributed by atoms with Gasteiger partial charge in [-0.1, -0.05) is 39.0 Å². The number of hydrogen-bond donors (Lipinski definition) is 5. The normalized spacial score (nSPS) is 30.6. The van der Waals surface area contributed by atoms with E-state index >= 15 is 0 Å². The molecule has 4 bridgehead atoms. The van der Waals surface area contributed by atoms with Crippen LogP contribution in [0.15, 0.2) is 46.1 Å². The Kier molecular flexibility index (Phi) is 14.0. The molecule has 17 heteroatoms. The van der Waals surface area contributed by atoms with Crippen LogP contribution in [-0.2, 0) is 33.3 Å². The molecular weight excluding hydrogens is 817 g/mol. The van der Waals surface area contributed by atoms with E-state index in [1.807, 2.05) is 0 Å². The zero-order valence-corrected chi connectivity index (χ0v) is 37.4. The number of methoxy groups -OCH3 is 1. The Morgan fingerprint density at radius 1 is 1.00 bits per heavy atom. The van der Waals surface area contributed by atoms with Crippen LogP contribution in [0, 0.1) is 24.7 Å². The Balaban J connectivity index is 1.50. The summed E-state index contributed by atoms with van der Waals surface area (Å²) in [6.45, 7) is 14.5. The van der Waals surface area contributed by atoms with Crippen molar-refractivity contribution in [2.75, 3.05) is 38.7 Å². The number of nitrogens with one attached hydrogen (secondary N) is 1. The lowest BCUT2D eigenvalue weighted by Crippen LogP contribution is -2.42. The quantitative estimate of drug-likeness (QED) is 0.205. The van der Waals surface area contributed by atoms with Gasteiger partial charge in [-0.2, -0.15) is 0 Å². The van der Waals surface area contributed by atoms with Crippen LogP contribution in [0.25, 0.3) is 10.8 Å². The molecule has 6 rings (SSSR count). The number of nitrogens with zero attached hydrogens (tertiary/aromatic N) is 3. The van der Waals surface area contributed by atoms with Gasteiger partial charge in [0.1, 0.15) is 28.6 Å². The minimum atomic E-state index is -1.99. The first kappa shape index (κ1) is 47.1. The minimum Gasteiger partial charge on any atom is -0.507 e. The molecule has 0 aliphatic carbocycles. The number of fused-ring (bicyclic) bond motifs is 1. The molecule has 8 atom stereocenters. The first-order valence-electron chi connectivity index (χ1n) is 21.5. The minimum absolute atomic E-state index is 0.00594. The lowest BCUT2D eigenvalue weighted by Gasteiger charge is -2.35. The largest absolute Gasteiger partial charge is 0.507 e. The van der Waals surface area contributed by atoms with E-state index in [0.717, 1.165) is 0 Å². The van der Waals surface area contributed by atoms with Crippen molar-refractivity contribution >= 4 is 40.1 Å². The van der Waals surface area contributed by atoms with E-state index in [9.17, 15) is 39.6 Å². The molecule has 4 heterocycles.